The zero-order valence-electron chi connectivity index (χ0n) is 9.51. The number of carbonyl (C=O) groups excluding carboxylic acids is 2. The molecule has 0 aliphatic heterocycles. The summed E-state index contributed by atoms with van der Waals surface area (Å²) in [6, 6.07) is -0.920. The van der Waals surface area contributed by atoms with Crippen molar-refractivity contribution in [1.29, 1.82) is 0 Å². The van der Waals surface area contributed by atoms with Crippen molar-refractivity contribution in [2.24, 2.45) is 5.73 Å². The first-order valence-corrected chi connectivity index (χ1v) is 5.39. The van der Waals surface area contributed by atoms with Gasteiger partial charge in [-0.2, -0.15) is 0 Å². The van der Waals surface area contributed by atoms with Crippen LogP contribution in [0.5, 0.6) is 0 Å². The van der Waals surface area contributed by atoms with Gasteiger partial charge in [-0.1, -0.05) is 32.6 Å². The smallest absolute Gasteiger partial charge is 0.315 e. The lowest BCUT2D eigenvalue weighted by Gasteiger charge is -2.14. The van der Waals surface area contributed by atoms with Crippen molar-refractivity contribution >= 4 is 11.9 Å². The number of rotatable bonds is 7. The zero-order chi connectivity index (χ0) is 11.7. The molecule has 15 heavy (non-hydrogen) atoms. The van der Waals surface area contributed by atoms with Gasteiger partial charge in [0, 0.05) is 7.05 Å². The minimum absolute atomic E-state index is 0.366. The Kier molecular flexibility index (Phi) is 7.40. The quantitative estimate of drug-likeness (QED) is 0.547. The largest absolute Gasteiger partial charge is 0.368 e. The average Bonchev–Trinajstić information content (AvgIpc) is 2.21. The number of primary amides is 1. The molecule has 0 spiro atoms. The standard InChI is InChI=1S/C10H21N3O2/c1-3-4-5-6-7-8(9(11)14)13-10(15)12-2/h8H,3-7H2,1-2H3,(H2,11,14)(H2,12,13,15). The number of nitrogens with two attached hydrogens (primary N) is 1. The summed E-state index contributed by atoms with van der Waals surface area (Å²) in [5, 5.41) is 4.91. The van der Waals surface area contributed by atoms with Gasteiger partial charge in [0.1, 0.15) is 6.04 Å². The highest BCUT2D eigenvalue weighted by Crippen LogP contribution is 2.05. The summed E-state index contributed by atoms with van der Waals surface area (Å²) in [4.78, 5) is 22.0. The molecule has 5 heteroatoms. The van der Waals surface area contributed by atoms with Crippen LogP contribution in [0.2, 0.25) is 0 Å². The molecule has 0 aromatic carbocycles. The molecule has 0 saturated heterocycles. The molecule has 0 radical (unpaired) electrons. The van der Waals surface area contributed by atoms with Crippen LogP contribution in [0.3, 0.4) is 0 Å². The van der Waals surface area contributed by atoms with Crippen LogP contribution < -0.4 is 16.4 Å². The molecule has 0 saturated carbocycles. The normalized spacial score (nSPS) is 11.9. The predicted molar refractivity (Wildman–Crippen MR) is 59.3 cm³/mol. The van der Waals surface area contributed by atoms with E-state index in [0.29, 0.717) is 6.42 Å². The summed E-state index contributed by atoms with van der Waals surface area (Å²) in [5.74, 6) is -0.477. The van der Waals surface area contributed by atoms with Crippen LogP contribution in [0.25, 0.3) is 0 Å². The lowest BCUT2D eigenvalue weighted by atomic mass is 10.1. The Morgan fingerprint density at radius 1 is 1.27 bits per heavy atom. The molecule has 3 amide bonds. The number of hydrogen-bond acceptors (Lipinski definition) is 2. The monoisotopic (exact) mass is 215 g/mol. The van der Waals surface area contributed by atoms with E-state index < -0.39 is 11.9 Å². The summed E-state index contributed by atoms with van der Waals surface area (Å²) in [6.07, 6.45) is 4.87. The Hall–Kier alpha value is -1.26. The van der Waals surface area contributed by atoms with Crippen molar-refractivity contribution in [3.63, 3.8) is 0 Å². The fourth-order valence-corrected chi connectivity index (χ4v) is 1.29. The van der Waals surface area contributed by atoms with Crippen LogP contribution in [-0.2, 0) is 4.79 Å². The SMILES string of the molecule is CCCCCCC(NC(=O)NC)C(N)=O. The number of carbonyl (C=O) groups is 2. The van der Waals surface area contributed by atoms with Gasteiger partial charge in [0.2, 0.25) is 5.91 Å². The maximum Gasteiger partial charge on any atom is 0.315 e. The number of hydrogen-bond donors (Lipinski definition) is 3. The maximum atomic E-state index is 11.0. The Labute approximate surface area is 90.8 Å². The van der Waals surface area contributed by atoms with E-state index in [4.69, 9.17) is 5.73 Å². The third-order valence-corrected chi connectivity index (χ3v) is 2.22. The van der Waals surface area contributed by atoms with E-state index in [-0.39, 0.29) is 6.03 Å². The van der Waals surface area contributed by atoms with E-state index in [9.17, 15) is 9.59 Å². The van der Waals surface area contributed by atoms with Crippen LogP contribution in [0.1, 0.15) is 39.0 Å². The molecule has 88 valence electrons. The topological polar surface area (TPSA) is 84.2 Å². The minimum Gasteiger partial charge on any atom is -0.368 e. The van der Waals surface area contributed by atoms with Gasteiger partial charge in [0.25, 0.3) is 0 Å². The number of nitrogens with one attached hydrogen (secondary N) is 2. The first-order chi connectivity index (χ1) is 7.11. The maximum absolute atomic E-state index is 11.0. The molecule has 1 unspecified atom stereocenters. The van der Waals surface area contributed by atoms with Crippen LogP contribution in [0.15, 0.2) is 0 Å². The number of unbranched alkanes of at least 4 members (excludes halogenated alkanes) is 3. The van der Waals surface area contributed by atoms with E-state index >= 15 is 0 Å². The van der Waals surface area contributed by atoms with Gasteiger partial charge in [0.15, 0.2) is 0 Å². The van der Waals surface area contributed by atoms with Gasteiger partial charge in [0.05, 0.1) is 0 Å². The molecule has 0 fully saturated rings. The molecular weight excluding hydrogens is 194 g/mol. The van der Waals surface area contributed by atoms with Gasteiger partial charge >= 0.3 is 6.03 Å². The van der Waals surface area contributed by atoms with E-state index in [1.807, 2.05) is 0 Å². The van der Waals surface area contributed by atoms with Crippen LogP contribution in [0, 0.1) is 0 Å². The van der Waals surface area contributed by atoms with Crippen molar-refractivity contribution in [3.05, 3.63) is 0 Å². The van der Waals surface area contributed by atoms with Crippen LogP contribution >= 0.6 is 0 Å². The minimum atomic E-state index is -0.554. The van der Waals surface area contributed by atoms with E-state index in [1.54, 1.807) is 0 Å². The Morgan fingerprint density at radius 3 is 2.40 bits per heavy atom. The van der Waals surface area contributed by atoms with E-state index in [2.05, 4.69) is 17.6 Å². The second-order valence-electron chi connectivity index (χ2n) is 3.53. The van der Waals surface area contributed by atoms with Gasteiger partial charge in [-0.15, -0.1) is 0 Å². The highest BCUT2D eigenvalue weighted by molar-refractivity contribution is 5.85. The molecule has 1 atom stereocenters. The van der Waals surface area contributed by atoms with Gasteiger partial charge < -0.3 is 16.4 Å². The van der Waals surface area contributed by atoms with Crippen molar-refractivity contribution in [1.82, 2.24) is 10.6 Å². The van der Waals surface area contributed by atoms with Crippen molar-refractivity contribution in [2.75, 3.05) is 7.05 Å². The number of urea groups is 1. The Balaban J connectivity index is 3.84. The zero-order valence-corrected chi connectivity index (χ0v) is 9.51. The van der Waals surface area contributed by atoms with Crippen molar-refractivity contribution < 1.29 is 9.59 Å². The molecule has 0 bridgehead atoms. The molecule has 0 heterocycles. The van der Waals surface area contributed by atoms with Crippen molar-refractivity contribution in [3.8, 4) is 0 Å². The van der Waals surface area contributed by atoms with Crippen molar-refractivity contribution in [2.45, 2.75) is 45.1 Å². The molecule has 5 nitrogen and oxygen atoms in total. The summed E-state index contributed by atoms with van der Waals surface area (Å²) in [6.45, 7) is 2.12. The van der Waals surface area contributed by atoms with Gasteiger partial charge in [-0.25, -0.2) is 4.79 Å². The molecule has 0 rings (SSSR count). The molecule has 0 aliphatic carbocycles. The Morgan fingerprint density at radius 2 is 1.93 bits per heavy atom. The molecule has 4 N–H and O–H groups in total. The second-order valence-corrected chi connectivity index (χ2v) is 3.53. The lowest BCUT2D eigenvalue weighted by molar-refractivity contribution is -0.119. The third kappa shape index (κ3) is 6.76. The summed E-state index contributed by atoms with van der Waals surface area (Å²) in [5.41, 5.74) is 5.17. The highest BCUT2D eigenvalue weighted by atomic mass is 16.2. The number of amides is 3. The van der Waals surface area contributed by atoms with E-state index in [0.717, 1.165) is 25.7 Å². The fraction of sp³-hybridized carbons (Fsp3) is 0.800. The summed E-state index contributed by atoms with van der Waals surface area (Å²) < 4.78 is 0. The summed E-state index contributed by atoms with van der Waals surface area (Å²) in [7, 11) is 1.50. The van der Waals surface area contributed by atoms with Crippen LogP contribution in [-0.4, -0.2) is 25.0 Å². The second kappa shape index (κ2) is 8.08. The van der Waals surface area contributed by atoms with Gasteiger partial charge in [-0.3, -0.25) is 4.79 Å². The fourth-order valence-electron chi connectivity index (χ4n) is 1.29. The third-order valence-electron chi connectivity index (χ3n) is 2.22. The lowest BCUT2D eigenvalue weighted by Crippen LogP contribution is -2.47. The first-order valence-electron chi connectivity index (χ1n) is 5.39. The first kappa shape index (κ1) is 13.7. The average molecular weight is 215 g/mol. The predicted octanol–water partition coefficient (Wildman–Crippen LogP) is 0.740. The highest BCUT2D eigenvalue weighted by Gasteiger charge is 2.16. The van der Waals surface area contributed by atoms with Gasteiger partial charge in [-0.05, 0) is 6.42 Å². The molecule has 0 aromatic rings. The molecule has 0 aliphatic rings. The van der Waals surface area contributed by atoms with Crippen LogP contribution in [0.4, 0.5) is 4.79 Å². The summed E-state index contributed by atoms with van der Waals surface area (Å²) >= 11 is 0. The molecule has 0 aromatic heterocycles. The molecular formula is C10H21N3O2. The van der Waals surface area contributed by atoms with E-state index in [1.165, 1.54) is 7.05 Å². The Bertz CT molecular complexity index is 207.